The summed E-state index contributed by atoms with van der Waals surface area (Å²) >= 11 is 0. The zero-order valence-electron chi connectivity index (χ0n) is 14.2. The van der Waals surface area contributed by atoms with Gasteiger partial charge in [-0.25, -0.2) is 0 Å². The molecule has 1 N–H and O–H groups in total. The van der Waals surface area contributed by atoms with Gasteiger partial charge in [-0.3, -0.25) is 4.79 Å². The highest BCUT2D eigenvalue weighted by Crippen LogP contribution is 2.33. The zero-order valence-corrected chi connectivity index (χ0v) is 14.2. The van der Waals surface area contributed by atoms with Gasteiger partial charge in [-0.1, -0.05) is 30.3 Å². The number of rotatable bonds is 2. The van der Waals surface area contributed by atoms with E-state index in [0.717, 1.165) is 5.56 Å². The summed E-state index contributed by atoms with van der Waals surface area (Å²) in [5, 5.41) is 10.6. The van der Waals surface area contributed by atoms with Crippen LogP contribution in [0.5, 0.6) is 0 Å². The molecule has 2 aliphatic heterocycles. The number of hydrogen-bond acceptors (Lipinski definition) is 6. The molecule has 0 radical (unpaired) electrons. The highest BCUT2D eigenvalue weighted by Gasteiger charge is 2.47. The van der Waals surface area contributed by atoms with Crippen LogP contribution in [-0.4, -0.2) is 48.7 Å². The summed E-state index contributed by atoms with van der Waals surface area (Å²) in [6.07, 6.45) is -3.24. The molecule has 2 fully saturated rings. The third-order valence-corrected chi connectivity index (χ3v) is 4.19. The molecule has 1 aromatic carbocycles. The lowest BCUT2D eigenvalue weighted by Crippen LogP contribution is -2.59. The Morgan fingerprint density at radius 2 is 1.88 bits per heavy atom. The highest BCUT2D eigenvalue weighted by molar-refractivity contribution is 5.75. The SMILES string of the molecule is CC(C)(C)C(=O)O[C@H]1CO[C@@H]2CO[C@@H](c3ccccc3)OC2[C@@H]1O. The summed E-state index contributed by atoms with van der Waals surface area (Å²) in [4.78, 5) is 12.1. The first-order valence-electron chi connectivity index (χ1n) is 8.19. The van der Waals surface area contributed by atoms with E-state index in [-0.39, 0.29) is 18.7 Å². The van der Waals surface area contributed by atoms with E-state index in [9.17, 15) is 9.90 Å². The molecule has 132 valence electrons. The van der Waals surface area contributed by atoms with Crippen molar-refractivity contribution >= 4 is 5.97 Å². The van der Waals surface area contributed by atoms with Gasteiger partial charge in [-0.15, -0.1) is 0 Å². The Bertz CT molecular complexity index is 567. The number of hydrogen-bond donors (Lipinski definition) is 1. The molecule has 5 atom stereocenters. The van der Waals surface area contributed by atoms with Crippen molar-refractivity contribution in [3.8, 4) is 0 Å². The van der Waals surface area contributed by atoms with E-state index in [0.29, 0.717) is 6.61 Å². The van der Waals surface area contributed by atoms with E-state index >= 15 is 0 Å². The maximum absolute atomic E-state index is 12.1. The monoisotopic (exact) mass is 336 g/mol. The van der Waals surface area contributed by atoms with Crippen LogP contribution in [0.25, 0.3) is 0 Å². The Labute approximate surface area is 141 Å². The number of benzene rings is 1. The van der Waals surface area contributed by atoms with Gasteiger partial charge in [0.2, 0.25) is 0 Å². The lowest BCUT2D eigenvalue weighted by Gasteiger charge is -2.44. The second-order valence-corrected chi connectivity index (χ2v) is 7.23. The number of esters is 1. The number of aliphatic hydroxyl groups excluding tert-OH is 1. The third-order valence-electron chi connectivity index (χ3n) is 4.19. The van der Waals surface area contributed by atoms with Crippen molar-refractivity contribution < 1.29 is 28.8 Å². The highest BCUT2D eigenvalue weighted by atomic mass is 16.7. The zero-order chi connectivity index (χ0) is 17.3. The smallest absolute Gasteiger partial charge is 0.311 e. The van der Waals surface area contributed by atoms with E-state index in [1.54, 1.807) is 20.8 Å². The summed E-state index contributed by atoms with van der Waals surface area (Å²) in [7, 11) is 0. The Balaban J connectivity index is 1.68. The Morgan fingerprint density at radius 3 is 2.54 bits per heavy atom. The third kappa shape index (κ3) is 3.62. The van der Waals surface area contributed by atoms with Gasteiger partial charge in [0, 0.05) is 5.56 Å². The minimum Gasteiger partial charge on any atom is -0.457 e. The lowest BCUT2D eigenvalue weighted by molar-refractivity contribution is -0.315. The molecule has 0 saturated carbocycles. The number of aliphatic hydroxyl groups is 1. The first-order valence-corrected chi connectivity index (χ1v) is 8.19. The van der Waals surface area contributed by atoms with Crippen LogP contribution in [-0.2, 0) is 23.7 Å². The molecule has 2 heterocycles. The molecule has 1 aromatic rings. The van der Waals surface area contributed by atoms with Crippen LogP contribution >= 0.6 is 0 Å². The molecule has 0 spiro atoms. The first-order chi connectivity index (χ1) is 11.4. The minimum absolute atomic E-state index is 0.132. The Kier molecular flexibility index (Phi) is 4.92. The van der Waals surface area contributed by atoms with Crippen LogP contribution in [0.4, 0.5) is 0 Å². The summed E-state index contributed by atoms with van der Waals surface area (Å²) in [5.41, 5.74) is 0.233. The quantitative estimate of drug-likeness (QED) is 0.831. The standard InChI is InChI=1S/C18H24O6/c1-18(2,3)17(20)23-12-9-21-13-10-22-16(24-15(13)14(12)19)11-7-5-4-6-8-11/h4-8,12-16,19H,9-10H2,1-3H3/t12-,13+,14+,15?,16+/m0/s1. The number of carbonyl (C=O) groups is 1. The van der Waals surface area contributed by atoms with Crippen LogP contribution in [0.3, 0.4) is 0 Å². The molecule has 0 aromatic heterocycles. The van der Waals surface area contributed by atoms with E-state index in [1.165, 1.54) is 0 Å². The number of fused-ring (bicyclic) bond motifs is 1. The molecule has 24 heavy (non-hydrogen) atoms. The molecule has 1 unspecified atom stereocenters. The van der Waals surface area contributed by atoms with E-state index < -0.39 is 30.0 Å². The molecule has 3 rings (SSSR count). The van der Waals surface area contributed by atoms with Crippen molar-refractivity contribution in [2.24, 2.45) is 5.41 Å². The fourth-order valence-corrected chi connectivity index (χ4v) is 2.72. The summed E-state index contributed by atoms with van der Waals surface area (Å²) in [6, 6.07) is 9.51. The molecule has 6 heteroatoms. The Morgan fingerprint density at radius 1 is 1.17 bits per heavy atom. The molecular formula is C18H24O6. The van der Waals surface area contributed by atoms with Gasteiger partial charge in [0.15, 0.2) is 12.4 Å². The van der Waals surface area contributed by atoms with Crippen LogP contribution in [0, 0.1) is 5.41 Å². The largest absolute Gasteiger partial charge is 0.457 e. The molecule has 6 nitrogen and oxygen atoms in total. The average molecular weight is 336 g/mol. The van der Waals surface area contributed by atoms with Crippen molar-refractivity contribution in [2.45, 2.75) is 51.5 Å². The predicted octanol–water partition coefficient (Wildman–Crippen LogP) is 1.82. The van der Waals surface area contributed by atoms with E-state index in [2.05, 4.69) is 0 Å². The summed E-state index contributed by atoms with van der Waals surface area (Å²) in [6.45, 7) is 5.76. The fraction of sp³-hybridized carbons (Fsp3) is 0.611. The first kappa shape index (κ1) is 17.4. The maximum Gasteiger partial charge on any atom is 0.311 e. The van der Waals surface area contributed by atoms with Gasteiger partial charge in [-0.2, -0.15) is 0 Å². The van der Waals surface area contributed by atoms with Gasteiger partial charge in [-0.05, 0) is 20.8 Å². The second kappa shape index (κ2) is 6.80. The van der Waals surface area contributed by atoms with Gasteiger partial charge >= 0.3 is 5.97 Å². The summed E-state index contributed by atoms with van der Waals surface area (Å²) < 4.78 is 22.7. The molecule has 0 bridgehead atoms. The van der Waals surface area contributed by atoms with Crippen molar-refractivity contribution in [2.75, 3.05) is 13.2 Å². The molecule has 0 amide bonds. The predicted molar refractivity (Wildman–Crippen MR) is 85.1 cm³/mol. The van der Waals surface area contributed by atoms with Crippen LogP contribution in [0.1, 0.15) is 32.6 Å². The second-order valence-electron chi connectivity index (χ2n) is 7.23. The van der Waals surface area contributed by atoms with Gasteiger partial charge in [0.1, 0.15) is 18.3 Å². The van der Waals surface area contributed by atoms with Crippen LogP contribution in [0.15, 0.2) is 30.3 Å². The minimum atomic E-state index is -0.954. The summed E-state index contributed by atoms with van der Waals surface area (Å²) in [5.74, 6) is -0.375. The maximum atomic E-state index is 12.1. The van der Waals surface area contributed by atoms with Crippen molar-refractivity contribution in [3.05, 3.63) is 35.9 Å². The topological polar surface area (TPSA) is 74.2 Å². The van der Waals surface area contributed by atoms with Gasteiger partial charge < -0.3 is 24.1 Å². The lowest BCUT2D eigenvalue weighted by atomic mass is 9.96. The van der Waals surface area contributed by atoms with Crippen molar-refractivity contribution in [1.82, 2.24) is 0 Å². The van der Waals surface area contributed by atoms with Crippen LogP contribution in [0.2, 0.25) is 0 Å². The number of ether oxygens (including phenoxy) is 4. The average Bonchev–Trinajstić information content (AvgIpc) is 2.57. The van der Waals surface area contributed by atoms with Crippen LogP contribution < -0.4 is 0 Å². The van der Waals surface area contributed by atoms with E-state index in [1.807, 2.05) is 30.3 Å². The normalized spacial score (nSPS) is 33.6. The van der Waals surface area contributed by atoms with E-state index in [4.69, 9.17) is 18.9 Å². The number of carbonyl (C=O) groups excluding carboxylic acids is 1. The molecule has 2 saturated heterocycles. The van der Waals surface area contributed by atoms with Gasteiger partial charge in [0.25, 0.3) is 0 Å². The van der Waals surface area contributed by atoms with Crippen molar-refractivity contribution in [1.29, 1.82) is 0 Å². The molecular weight excluding hydrogens is 312 g/mol. The van der Waals surface area contributed by atoms with Crippen molar-refractivity contribution in [3.63, 3.8) is 0 Å². The Hall–Kier alpha value is -1.47. The fourth-order valence-electron chi connectivity index (χ4n) is 2.72. The molecule has 2 aliphatic rings. The molecule has 0 aliphatic carbocycles. The van der Waals surface area contributed by atoms with Gasteiger partial charge in [0.05, 0.1) is 18.6 Å².